The van der Waals surface area contributed by atoms with Crippen LogP contribution in [0.2, 0.25) is 0 Å². The minimum absolute atomic E-state index is 0.558. The van der Waals surface area contributed by atoms with Gasteiger partial charge in [0.15, 0.2) is 0 Å². The Morgan fingerprint density at radius 1 is 0.767 bits per heavy atom. The lowest BCUT2D eigenvalue weighted by Crippen LogP contribution is -2.06. The molecule has 0 saturated heterocycles. The van der Waals surface area contributed by atoms with Crippen molar-refractivity contribution in [3.05, 3.63) is 59.2 Å². The topological polar surface area (TPSA) is 18.5 Å². The predicted molar refractivity (Wildman–Crippen MR) is 131 cm³/mol. The van der Waals surface area contributed by atoms with Crippen LogP contribution in [0.5, 0.6) is 11.5 Å². The molecular formula is C27H37BrO2. The predicted octanol–water partition coefficient (Wildman–Crippen LogP) is 8.03. The molecule has 164 valence electrons. The highest BCUT2D eigenvalue weighted by atomic mass is 79.9. The third-order valence-corrected chi connectivity index (χ3v) is 7.18. The van der Waals surface area contributed by atoms with Crippen LogP contribution in [0.4, 0.5) is 0 Å². The lowest BCUT2D eigenvalue weighted by molar-refractivity contribution is 0.414. The Balaban J connectivity index is 1.58. The molecule has 3 rings (SSSR count). The van der Waals surface area contributed by atoms with Gasteiger partial charge in [0.1, 0.15) is 11.5 Å². The molecule has 1 aliphatic rings. The molecule has 30 heavy (non-hydrogen) atoms. The summed E-state index contributed by atoms with van der Waals surface area (Å²) >= 11 is 3.52. The standard InChI is InChI=1S/C27H37BrO2/c1-29-23-14-12-21(13-15-23)27-20-22-19-24(30-2)16-17-25(22)26(27)11-9-7-5-3-4-6-8-10-18-28/h12-17,19,26-27H,3-11,18,20H2,1-2H3. The molecule has 2 atom stereocenters. The van der Waals surface area contributed by atoms with E-state index in [1.165, 1.54) is 74.5 Å². The fourth-order valence-electron chi connectivity index (χ4n) is 4.92. The first-order valence-electron chi connectivity index (χ1n) is 11.6. The van der Waals surface area contributed by atoms with Gasteiger partial charge in [0.25, 0.3) is 0 Å². The Morgan fingerprint density at radius 3 is 2.00 bits per heavy atom. The van der Waals surface area contributed by atoms with Crippen molar-refractivity contribution in [2.75, 3.05) is 19.5 Å². The van der Waals surface area contributed by atoms with Gasteiger partial charge in [-0.05, 0) is 72.1 Å². The van der Waals surface area contributed by atoms with E-state index in [0.29, 0.717) is 11.8 Å². The molecule has 0 spiro atoms. The summed E-state index contributed by atoms with van der Waals surface area (Å²) in [6.07, 6.45) is 13.3. The van der Waals surface area contributed by atoms with Crippen LogP contribution in [-0.4, -0.2) is 19.5 Å². The van der Waals surface area contributed by atoms with Crippen LogP contribution in [0.1, 0.15) is 86.3 Å². The lowest BCUT2D eigenvalue weighted by Gasteiger charge is -2.21. The summed E-state index contributed by atoms with van der Waals surface area (Å²) in [7, 11) is 3.49. The molecule has 0 heterocycles. The molecule has 2 unspecified atom stereocenters. The third kappa shape index (κ3) is 6.26. The van der Waals surface area contributed by atoms with Crippen molar-refractivity contribution < 1.29 is 9.47 Å². The van der Waals surface area contributed by atoms with Crippen LogP contribution < -0.4 is 9.47 Å². The first-order chi connectivity index (χ1) is 14.8. The summed E-state index contributed by atoms with van der Waals surface area (Å²) in [5, 5.41) is 1.15. The van der Waals surface area contributed by atoms with E-state index >= 15 is 0 Å². The number of hydrogen-bond donors (Lipinski definition) is 0. The summed E-state index contributed by atoms with van der Waals surface area (Å²) in [4.78, 5) is 0. The monoisotopic (exact) mass is 472 g/mol. The van der Waals surface area contributed by atoms with E-state index < -0.39 is 0 Å². The van der Waals surface area contributed by atoms with E-state index in [2.05, 4.69) is 58.4 Å². The minimum Gasteiger partial charge on any atom is -0.497 e. The summed E-state index contributed by atoms with van der Waals surface area (Å²) in [5.41, 5.74) is 4.43. The number of fused-ring (bicyclic) bond motifs is 1. The molecule has 0 aliphatic heterocycles. The molecule has 2 aromatic carbocycles. The summed E-state index contributed by atoms with van der Waals surface area (Å²) in [6, 6.07) is 15.4. The first kappa shape index (κ1) is 23.2. The zero-order valence-electron chi connectivity index (χ0n) is 18.7. The second-order valence-corrected chi connectivity index (χ2v) is 9.35. The Kier molecular flexibility index (Phi) is 9.58. The van der Waals surface area contributed by atoms with Gasteiger partial charge in [-0.25, -0.2) is 0 Å². The van der Waals surface area contributed by atoms with Crippen molar-refractivity contribution in [3.63, 3.8) is 0 Å². The van der Waals surface area contributed by atoms with Crippen molar-refractivity contribution in [2.24, 2.45) is 0 Å². The van der Waals surface area contributed by atoms with Crippen LogP contribution >= 0.6 is 15.9 Å². The fourth-order valence-corrected chi connectivity index (χ4v) is 5.32. The van der Waals surface area contributed by atoms with Gasteiger partial charge in [-0.2, -0.15) is 0 Å². The van der Waals surface area contributed by atoms with E-state index in [9.17, 15) is 0 Å². The number of halogens is 1. The second kappa shape index (κ2) is 12.4. The Labute approximate surface area is 191 Å². The largest absolute Gasteiger partial charge is 0.497 e. The highest BCUT2D eigenvalue weighted by Crippen LogP contribution is 2.47. The molecule has 0 bridgehead atoms. The molecule has 3 heteroatoms. The molecule has 0 aromatic heterocycles. The number of methoxy groups -OCH3 is 2. The Morgan fingerprint density at radius 2 is 1.37 bits per heavy atom. The minimum atomic E-state index is 0.558. The van der Waals surface area contributed by atoms with E-state index in [4.69, 9.17) is 9.47 Å². The van der Waals surface area contributed by atoms with E-state index in [-0.39, 0.29) is 0 Å². The number of rotatable bonds is 13. The maximum atomic E-state index is 5.49. The van der Waals surface area contributed by atoms with Gasteiger partial charge in [-0.1, -0.05) is 79.1 Å². The molecule has 0 radical (unpaired) electrons. The molecule has 0 fully saturated rings. The van der Waals surface area contributed by atoms with Crippen molar-refractivity contribution in [3.8, 4) is 11.5 Å². The average molecular weight is 473 g/mol. The molecule has 0 amide bonds. The van der Waals surface area contributed by atoms with E-state index in [1.807, 2.05) is 0 Å². The van der Waals surface area contributed by atoms with Gasteiger partial charge >= 0.3 is 0 Å². The average Bonchev–Trinajstić information content (AvgIpc) is 3.15. The summed E-state index contributed by atoms with van der Waals surface area (Å²) in [5.74, 6) is 3.08. The first-order valence-corrected chi connectivity index (χ1v) is 12.8. The molecular weight excluding hydrogens is 436 g/mol. The molecule has 1 aliphatic carbocycles. The molecule has 2 aromatic rings. The maximum absolute atomic E-state index is 5.49. The summed E-state index contributed by atoms with van der Waals surface area (Å²) < 4.78 is 10.9. The van der Waals surface area contributed by atoms with Crippen LogP contribution in [0, 0.1) is 0 Å². The van der Waals surface area contributed by atoms with Crippen LogP contribution in [0.3, 0.4) is 0 Å². The second-order valence-electron chi connectivity index (χ2n) is 8.56. The van der Waals surface area contributed by atoms with Crippen molar-refractivity contribution in [2.45, 2.75) is 76.0 Å². The highest BCUT2D eigenvalue weighted by Gasteiger charge is 2.33. The van der Waals surface area contributed by atoms with Gasteiger partial charge in [-0.3, -0.25) is 0 Å². The van der Waals surface area contributed by atoms with Crippen LogP contribution in [0.25, 0.3) is 0 Å². The van der Waals surface area contributed by atoms with E-state index in [1.54, 1.807) is 14.2 Å². The van der Waals surface area contributed by atoms with Crippen molar-refractivity contribution in [1.82, 2.24) is 0 Å². The van der Waals surface area contributed by atoms with Crippen molar-refractivity contribution >= 4 is 15.9 Å². The smallest absolute Gasteiger partial charge is 0.119 e. The van der Waals surface area contributed by atoms with Crippen molar-refractivity contribution in [1.29, 1.82) is 0 Å². The van der Waals surface area contributed by atoms with Crippen LogP contribution in [-0.2, 0) is 6.42 Å². The number of benzene rings is 2. The van der Waals surface area contributed by atoms with Gasteiger partial charge < -0.3 is 9.47 Å². The summed E-state index contributed by atoms with van der Waals surface area (Å²) in [6.45, 7) is 0. The zero-order valence-corrected chi connectivity index (χ0v) is 20.3. The van der Waals surface area contributed by atoms with Gasteiger partial charge in [0.2, 0.25) is 0 Å². The quantitative estimate of drug-likeness (QED) is 0.217. The lowest BCUT2D eigenvalue weighted by atomic mass is 9.83. The Bertz CT molecular complexity index is 756. The highest BCUT2D eigenvalue weighted by molar-refractivity contribution is 9.09. The normalized spacial score (nSPS) is 17.7. The van der Waals surface area contributed by atoms with Gasteiger partial charge in [0, 0.05) is 5.33 Å². The molecule has 2 nitrogen and oxygen atoms in total. The molecule has 0 saturated carbocycles. The fraction of sp³-hybridized carbons (Fsp3) is 0.556. The van der Waals surface area contributed by atoms with E-state index in [0.717, 1.165) is 23.2 Å². The van der Waals surface area contributed by atoms with Gasteiger partial charge in [0.05, 0.1) is 14.2 Å². The Hall–Kier alpha value is -1.48. The number of ether oxygens (including phenoxy) is 2. The zero-order chi connectivity index (χ0) is 21.2. The third-order valence-electron chi connectivity index (χ3n) is 6.62. The number of hydrogen-bond acceptors (Lipinski definition) is 2. The van der Waals surface area contributed by atoms with Gasteiger partial charge in [-0.15, -0.1) is 0 Å². The molecule has 0 N–H and O–H groups in total. The number of unbranched alkanes of at least 4 members (excludes halogenated alkanes) is 7. The maximum Gasteiger partial charge on any atom is 0.119 e. The van der Waals surface area contributed by atoms with Crippen LogP contribution in [0.15, 0.2) is 42.5 Å². The SMILES string of the molecule is COc1ccc(C2Cc3cc(OC)ccc3C2CCCCCCCCCCBr)cc1. The number of alkyl halides is 1.